The number of hydrogen-bond donors (Lipinski definition) is 3. The van der Waals surface area contributed by atoms with Gasteiger partial charge in [0.1, 0.15) is 11.4 Å². The van der Waals surface area contributed by atoms with E-state index in [1.165, 1.54) is 6.20 Å². The summed E-state index contributed by atoms with van der Waals surface area (Å²) >= 11 is 0. The highest BCUT2D eigenvalue weighted by molar-refractivity contribution is 5.97. The number of amides is 1. The monoisotopic (exact) mass is 329 g/mol. The molecule has 4 N–H and O–H groups in total. The molecule has 24 heavy (non-hydrogen) atoms. The molecule has 1 aliphatic heterocycles. The van der Waals surface area contributed by atoms with Crippen LogP contribution in [0.2, 0.25) is 0 Å². The summed E-state index contributed by atoms with van der Waals surface area (Å²) in [5.74, 6) is 0.648. The molecule has 0 radical (unpaired) electrons. The van der Waals surface area contributed by atoms with Gasteiger partial charge >= 0.3 is 0 Å². The van der Waals surface area contributed by atoms with Crippen LogP contribution in [0, 0.1) is 5.92 Å². The first-order valence-corrected chi connectivity index (χ1v) is 8.07. The molecule has 7 heteroatoms. The molecule has 7 nitrogen and oxygen atoms in total. The molecule has 0 saturated carbocycles. The third-order valence-corrected chi connectivity index (χ3v) is 4.31. The van der Waals surface area contributed by atoms with Crippen LogP contribution in [-0.2, 0) is 11.3 Å². The van der Waals surface area contributed by atoms with E-state index in [0.717, 1.165) is 37.6 Å². The average Bonchev–Trinajstić information content (AvgIpc) is 3.03. The number of nitrogens with zero attached hydrogens (tertiary/aromatic N) is 2. The maximum Gasteiger partial charge on any atom is 0.254 e. The van der Waals surface area contributed by atoms with Crippen LogP contribution < -0.4 is 16.4 Å². The lowest BCUT2D eigenvalue weighted by molar-refractivity contribution is 0.0999. The molecule has 2 heterocycles. The molecule has 1 aliphatic rings. The van der Waals surface area contributed by atoms with E-state index < -0.39 is 5.91 Å². The summed E-state index contributed by atoms with van der Waals surface area (Å²) in [7, 11) is 1.73. The Hall–Kier alpha value is -2.38. The summed E-state index contributed by atoms with van der Waals surface area (Å²) in [5.41, 5.74) is 6.95. The Balaban J connectivity index is 1.52. The van der Waals surface area contributed by atoms with Crippen molar-refractivity contribution in [2.24, 2.45) is 11.7 Å². The zero-order valence-corrected chi connectivity index (χ0v) is 13.7. The van der Waals surface area contributed by atoms with Crippen molar-refractivity contribution in [1.82, 2.24) is 15.1 Å². The topological polar surface area (TPSA) is 94.2 Å². The van der Waals surface area contributed by atoms with Gasteiger partial charge in [0, 0.05) is 39.2 Å². The lowest BCUT2D eigenvalue weighted by Crippen LogP contribution is -2.37. The molecule has 1 aromatic carbocycles. The smallest absolute Gasteiger partial charge is 0.254 e. The van der Waals surface area contributed by atoms with E-state index in [-0.39, 0.29) is 6.10 Å². The van der Waals surface area contributed by atoms with E-state index >= 15 is 0 Å². The number of nitrogens with two attached hydrogens (primary N) is 1. The number of anilines is 1. The van der Waals surface area contributed by atoms with Gasteiger partial charge < -0.3 is 21.1 Å². The molecular formula is C17H23N5O2. The zero-order valence-electron chi connectivity index (χ0n) is 13.7. The number of carbonyl (C=O) groups is 1. The van der Waals surface area contributed by atoms with E-state index in [1.807, 2.05) is 18.2 Å². The minimum atomic E-state index is -0.453. The maximum absolute atomic E-state index is 11.3. The Morgan fingerprint density at radius 1 is 1.50 bits per heavy atom. The molecule has 2 atom stereocenters. The fraction of sp³-hybridized carbons (Fsp3) is 0.412. The van der Waals surface area contributed by atoms with Gasteiger partial charge in [0.2, 0.25) is 0 Å². The summed E-state index contributed by atoms with van der Waals surface area (Å²) in [6.07, 6.45) is 1.56. The van der Waals surface area contributed by atoms with Gasteiger partial charge in [-0.25, -0.2) is 4.68 Å². The molecular weight excluding hydrogens is 306 g/mol. The molecule has 1 aromatic heterocycles. The normalized spacial score (nSPS) is 17.8. The van der Waals surface area contributed by atoms with Crippen LogP contribution in [0.1, 0.15) is 22.0 Å². The number of hydrogen-bond acceptors (Lipinski definition) is 5. The third kappa shape index (κ3) is 3.58. The van der Waals surface area contributed by atoms with E-state index in [9.17, 15) is 4.79 Å². The number of primary amides is 1. The van der Waals surface area contributed by atoms with Gasteiger partial charge in [0.15, 0.2) is 0 Å². The largest absolute Gasteiger partial charge is 0.375 e. The van der Waals surface area contributed by atoms with Gasteiger partial charge in [-0.15, -0.1) is 0 Å². The SMILES string of the molecule is CO[C@@H](CNC[C@@H]1CNc2c(C(N)=O)cnn2C1)c1ccccc1. The summed E-state index contributed by atoms with van der Waals surface area (Å²) in [5, 5.41) is 11.0. The molecule has 0 unspecified atom stereocenters. The van der Waals surface area contributed by atoms with Crippen molar-refractivity contribution >= 4 is 11.7 Å². The lowest BCUT2D eigenvalue weighted by Gasteiger charge is -2.26. The number of methoxy groups -OCH3 is 1. The lowest BCUT2D eigenvalue weighted by atomic mass is 10.1. The highest BCUT2D eigenvalue weighted by Gasteiger charge is 2.23. The van der Waals surface area contributed by atoms with Crippen molar-refractivity contribution in [1.29, 1.82) is 0 Å². The maximum atomic E-state index is 11.3. The number of ether oxygens (including phenoxy) is 1. The Labute approximate surface area is 141 Å². The number of rotatable bonds is 7. The second-order valence-corrected chi connectivity index (χ2v) is 5.99. The first-order chi connectivity index (χ1) is 11.7. The fourth-order valence-electron chi connectivity index (χ4n) is 3.00. The van der Waals surface area contributed by atoms with Gasteiger partial charge in [-0.1, -0.05) is 30.3 Å². The second-order valence-electron chi connectivity index (χ2n) is 5.99. The fourth-order valence-corrected chi connectivity index (χ4v) is 3.00. The van der Waals surface area contributed by atoms with E-state index in [4.69, 9.17) is 10.5 Å². The highest BCUT2D eigenvalue weighted by Crippen LogP contribution is 2.21. The van der Waals surface area contributed by atoms with Crippen molar-refractivity contribution in [3.63, 3.8) is 0 Å². The van der Waals surface area contributed by atoms with Crippen LogP contribution in [0.3, 0.4) is 0 Å². The van der Waals surface area contributed by atoms with Crippen molar-refractivity contribution in [2.75, 3.05) is 32.1 Å². The van der Waals surface area contributed by atoms with Crippen molar-refractivity contribution < 1.29 is 9.53 Å². The standard InChI is InChI=1S/C17H23N5O2/c1-24-15(13-5-3-2-4-6-13)10-19-7-12-8-20-17-14(16(18)23)9-21-22(17)11-12/h2-6,9,12,15,19-20H,7-8,10-11H2,1H3,(H2,18,23)/t12-,15+/m1/s1. The molecule has 0 spiro atoms. The van der Waals surface area contributed by atoms with Gasteiger partial charge in [-0.3, -0.25) is 4.79 Å². The van der Waals surface area contributed by atoms with Crippen LogP contribution in [-0.4, -0.2) is 42.4 Å². The highest BCUT2D eigenvalue weighted by atomic mass is 16.5. The predicted octanol–water partition coefficient (Wildman–Crippen LogP) is 1.00. The first-order valence-electron chi connectivity index (χ1n) is 8.07. The summed E-state index contributed by atoms with van der Waals surface area (Å²) < 4.78 is 7.37. The van der Waals surface area contributed by atoms with Crippen LogP contribution in [0.5, 0.6) is 0 Å². The number of aromatic nitrogens is 2. The minimum absolute atomic E-state index is 0.0319. The van der Waals surface area contributed by atoms with Crippen LogP contribution in [0.25, 0.3) is 0 Å². The Bertz CT molecular complexity index is 686. The number of fused-ring (bicyclic) bond motifs is 1. The van der Waals surface area contributed by atoms with Crippen molar-refractivity contribution in [2.45, 2.75) is 12.6 Å². The molecule has 1 amide bonds. The van der Waals surface area contributed by atoms with Gasteiger partial charge in [-0.05, 0) is 5.56 Å². The van der Waals surface area contributed by atoms with Gasteiger partial charge in [-0.2, -0.15) is 5.10 Å². The summed E-state index contributed by atoms with van der Waals surface area (Å²) in [6, 6.07) is 10.2. The molecule has 0 saturated heterocycles. The molecule has 0 aliphatic carbocycles. The van der Waals surface area contributed by atoms with Crippen molar-refractivity contribution in [3.05, 3.63) is 47.7 Å². The van der Waals surface area contributed by atoms with E-state index in [1.54, 1.807) is 11.8 Å². The zero-order chi connectivity index (χ0) is 16.9. The average molecular weight is 329 g/mol. The molecule has 0 fully saturated rings. The first kappa shape index (κ1) is 16.5. The molecule has 128 valence electrons. The van der Waals surface area contributed by atoms with Gasteiger partial charge in [0.25, 0.3) is 5.91 Å². The van der Waals surface area contributed by atoms with E-state index in [0.29, 0.717) is 11.5 Å². The van der Waals surface area contributed by atoms with Gasteiger partial charge in [0.05, 0.1) is 12.3 Å². The third-order valence-electron chi connectivity index (χ3n) is 4.31. The quantitative estimate of drug-likeness (QED) is 0.704. The van der Waals surface area contributed by atoms with Crippen molar-refractivity contribution in [3.8, 4) is 0 Å². The number of nitrogens with one attached hydrogen (secondary N) is 2. The minimum Gasteiger partial charge on any atom is -0.375 e. The number of benzene rings is 1. The second kappa shape index (κ2) is 7.46. The van der Waals surface area contributed by atoms with Crippen LogP contribution in [0.15, 0.2) is 36.5 Å². The molecule has 2 aromatic rings. The van der Waals surface area contributed by atoms with Crippen LogP contribution >= 0.6 is 0 Å². The summed E-state index contributed by atoms with van der Waals surface area (Å²) in [6.45, 7) is 3.12. The number of carbonyl (C=O) groups excluding carboxylic acids is 1. The van der Waals surface area contributed by atoms with Crippen LogP contribution in [0.4, 0.5) is 5.82 Å². The Morgan fingerprint density at radius 3 is 3.00 bits per heavy atom. The van der Waals surface area contributed by atoms with E-state index in [2.05, 4.69) is 27.9 Å². The Morgan fingerprint density at radius 2 is 2.29 bits per heavy atom. The summed E-state index contributed by atoms with van der Waals surface area (Å²) in [4.78, 5) is 11.3. The predicted molar refractivity (Wildman–Crippen MR) is 91.8 cm³/mol. The Kier molecular flexibility index (Phi) is 5.12. The molecule has 3 rings (SSSR count). The molecule has 0 bridgehead atoms.